The smallest absolute Gasteiger partial charge is 0.228 e. The standard InChI is InChI=1S/C18H22N2O2/c1-4-22-15-11-9-14(10-12-15)13-18(21)19-16-7-5-6-8-17(16)20(2)3/h5-12H,4,13H2,1-3H3,(H,19,21). The second kappa shape index (κ2) is 7.50. The molecule has 1 N–H and O–H groups in total. The van der Waals surface area contributed by atoms with Crippen LogP contribution in [-0.2, 0) is 11.2 Å². The van der Waals surface area contributed by atoms with Gasteiger partial charge in [0.05, 0.1) is 24.4 Å². The number of carbonyl (C=O) groups excluding carboxylic acids is 1. The van der Waals surface area contributed by atoms with Crippen LogP contribution >= 0.6 is 0 Å². The van der Waals surface area contributed by atoms with Crippen molar-refractivity contribution in [1.29, 1.82) is 0 Å². The van der Waals surface area contributed by atoms with Crippen LogP contribution in [0.1, 0.15) is 12.5 Å². The predicted octanol–water partition coefficient (Wildman–Crippen LogP) is 3.33. The summed E-state index contributed by atoms with van der Waals surface area (Å²) in [4.78, 5) is 14.2. The molecule has 0 radical (unpaired) electrons. The minimum atomic E-state index is -0.0292. The van der Waals surface area contributed by atoms with Gasteiger partial charge >= 0.3 is 0 Å². The highest BCUT2D eigenvalue weighted by atomic mass is 16.5. The number of nitrogens with zero attached hydrogens (tertiary/aromatic N) is 1. The van der Waals surface area contributed by atoms with Gasteiger partial charge in [0.25, 0.3) is 0 Å². The van der Waals surface area contributed by atoms with Crippen LogP contribution in [0.3, 0.4) is 0 Å². The van der Waals surface area contributed by atoms with Gasteiger partial charge in [0.15, 0.2) is 0 Å². The average molecular weight is 298 g/mol. The monoisotopic (exact) mass is 298 g/mol. The normalized spacial score (nSPS) is 10.1. The summed E-state index contributed by atoms with van der Waals surface area (Å²) in [6.07, 6.45) is 0.341. The van der Waals surface area contributed by atoms with Gasteiger partial charge in [-0.2, -0.15) is 0 Å². The van der Waals surface area contributed by atoms with Gasteiger partial charge in [-0.25, -0.2) is 0 Å². The molecule has 0 heterocycles. The Hall–Kier alpha value is -2.49. The van der Waals surface area contributed by atoms with E-state index in [0.29, 0.717) is 13.0 Å². The van der Waals surface area contributed by atoms with Crippen LogP contribution < -0.4 is 15.0 Å². The van der Waals surface area contributed by atoms with E-state index in [1.807, 2.05) is 74.4 Å². The highest BCUT2D eigenvalue weighted by molar-refractivity contribution is 5.95. The Kier molecular flexibility index (Phi) is 5.42. The topological polar surface area (TPSA) is 41.6 Å². The lowest BCUT2D eigenvalue weighted by molar-refractivity contribution is -0.115. The van der Waals surface area contributed by atoms with E-state index >= 15 is 0 Å². The second-order valence-corrected chi connectivity index (χ2v) is 5.21. The van der Waals surface area contributed by atoms with Gasteiger partial charge in [0.2, 0.25) is 5.91 Å². The summed E-state index contributed by atoms with van der Waals surface area (Å²) in [5.41, 5.74) is 2.77. The van der Waals surface area contributed by atoms with Crippen LogP contribution in [0, 0.1) is 0 Å². The maximum atomic E-state index is 12.2. The molecule has 0 bridgehead atoms. The number of amides is 1. The third kappa shape index (κ3) is 4.25. The summed E-state index contributed by atoms with van der Waals surface area (Å²) >= 11 is 0. The first-order valence-corrected chi connectivity index (χ1v) is 7.38. The summed E-state index contributed by atoms with van der Waals surface area (Å²) < 4.78 is 5.40. The molecule has 4 heteroatoms. The van der Waals surface area contributed by atoms with Crippen LogP contribution in [0.2, 0.25) is 0 Å². The van der Waals surface area contributed by atoms with Crippen molar-refractivity contribution in [2.24, 2.45) is 0 Å². The van der Waals surface area contributed by atoms with Gasteiger partial charge in [0.1, 0.15) is 5.75 Å². The Morgan fingerprint density at radius 1 is 1.09 bits per heavy atom. The molecule has 2 rings (SSSR count). The van der Waals surface area contributed by atoms with Gasteiger partial charge < -0.3 is 15.0 Å². The molecule has 0 aromatic heterocycles. The van der Waals surface area contributed by atoms with Gasteiger partial charge in [0, 0.05) is 14.1 Å². The maximum absolute atomic E-state index is 12.2. The maximum Gasteiger partial charge on any atom is 0.228 e. The SMILES string of the molecule is CCOc1ccc(CC(=O)Nc2ccccc2N(C)C)cc1. The lowest BCUT2D eigenvalue weighted by Crippen LogP contribution is -2.18. The zero-order valence-corrected chi connectivity index (χ0v) is 13.3. The Bertz CT molecular complexity index is 621. The highest BCUT2D eigenvalue weighted by Crippen LogP contribution is 2.23. The van der Waals surface area contributed by atoms with E-state index in [-0.39, 0.29) is 5.91 Å². The van der Waals surface area contributed by atoms with E-state index in [0.717, 1.165) is 22.7 Å². The molecule has 0 aliphatic heterocycles. The summed E-state index contributed by atoms with van der Waals surface area (Å²) in [7, 11) is 3.91. The molecule has 0 saturated carbocycles. The number of ether oxygens (including phenoxy) is 1. The zero-order valence-electron chi connectivity index (χ0n) is 13.3. The van der Waals surface area contributed by atoms with Gasteiger partial charge in [-0.05, 0) is 36.8 Å². The molecule has 22 heavy (non-hydrogen) atoms. The second-order valence-electron chi connectivity index (χ2n) is 5.21. The number of rotatable bonds is 6. The molecule has 1 amide bonds. The Morgan fingerprint density at radius 2 is 1.77 bits per heavy atom. The summed E-state index contributed by atoms with van der Waals surface area (Å²) in [5, 5.41) is 2.97. The zero-order chi connectivity index (χ0) is 15.9. The van der Waals surface area contributed by atoms with Crippen molar-refractivity contribution < 1.29 is 9.53 Å². The molecule has 2 aromatic carbocycles. The van der Waals surface area contributed by atoms with Crippen molar-refractivity contribution in [3.8, 4) is 5.75 Å². The quantitative estimate of drug-likeness (QED) is 0.889. The van der Waals surface area contributed by atoms with Crippen molar-refractivity contribution >= 4 is 17.3 Å². The minimum absolute atomic E-state index is 0.0292. The van der Waals surface area contributed by atoms with E-state index in [9.17, 15) is 4.79 Å². The van der Waals surface area contributed by atoms with E-state index in [1.165, 1.54) is 0 Å². The first kappa shape index (κ1) is 15.9. The molecule has 0 atom stereocenters. The number of hydrogen-bond acceptors (Lipinski definition) is 3. The molecule has 0 unspecified atom stereocenters. The Morgan fingerprint density at radius 3 is 2.41 bits per heavy atom. The van der Waals surface area contributed by atoms with Crippen LogP contribution in [0.4, 0.5) is 11.4 Å². The number of para-hydroxylation sites is 2. The largest absolute Gasteiger partial charge is 0.494 e. The predicted molar refractivity (Wildman–Crippen MR) is 90.7 cm³/mol. The number of hydrogen-bond donors (Lipinski definition) is 1. The van der Waals surface area contributed by atoms with Gasteiger partial charge in [-0.15, -0.1) is 0 Å². The molecule has 0 saturated heterocycles. The van der Waals surface area contributed by atoms with Crippen molar-refractivity contribution in [1.82, 2.24) is 0 Å². The Balaban J connectivity index is 2.01. The van der Waals surface area contributed by atoms with Gasteiger partial charge in [-0.1, -0.05) is 24.3 Å². The van der Waals surface area contributed by atoms with Crippen molar-refractivity contribution in [3.05, 3.63) is 54.1 Å². The molecular weight excluding hydrogens is 276 g/mol. The fourth-order valence-corrected chi connectivity index (χ4v) is 2.22. The van der Waals surface area contributed by atoms with Crippen LogP contribution in [0.25, 0.3) is 0 Å². The van der Waals surface area contributed by atoms with Crippen molar-refractivity contribution in [2.45, 2.75) is 13.3 Å². The molecule has 0 fully saturated rings. The Labute approximate surface area is 131 Å². The van der Waals surface area contributed by atoms with Crippen LogP contribution in [0.15, 0.2) is 48.5 Å². The summed E-state index contributed by atoms with van der Waals surface area (Å²) in [6, 6.07) is 15.4. The third-order valence-corrected chi connectivity index (χ3v) is 3.26. The number of carbonyl (C=O) groups is 1. The van der Waals surface area contributed by atoms with Crippen LogP contribution in [0.5, 0.6) is 5.75 Å². The highest BCUT2D eigenvalue weighted by Gasteiger charge is 2.08. The van der Waals surface area contributed by atoms with Crippen molar-refractivity contribution in [3.63, 3.8) is 0 Å². The molecule has 4 nitrogen and oxygen atoms in total. The molecule has 116 valence electrons. The molecule has 2 aromatic rings. The van der Waals surface area contributed by atoms with E-state index in [4.69, 9.17) is 4.74 Å². The number of nitrogens with one attached hydrogen (secondary N) is 1. The molecular formula is C18H22N2O2. The molecule has 0 spiro atoms. The van der Waals surface area contributed by atoms with Crippen molar-refractivity contribution in [2.75, 3.05) is 30.9 Å². The summed E-state index contributed by atoms with van der Waals surface area (Å²) in [5.74, 6) is 0.795. The minimum Gasteiger partial charge on any atom is -0.494 e. The van der Waals surface area contributed by atoms with E-state index < -0.39 is 0 Å². The lowest BCUT2D eigenvalue weighted by atomic mass is 10.1. The number of benzene rings is 2. The number of anilines is 2. The summed E-state index contributed by atoms with van der Waals surface area (Å²) in [6.45, 7) is 2.59. The van der Waals surface area contributed by atoms with Crippen LogP contribution in [-0.4, -0.2) is 26.6 Å². The third-order valence-electron chi connectivity index (χ3n) is 3.26. The lowest BCUT2D eigenvalue weighted by Gasteiger charge is -2.17. The van der Waals surface area contributed by atoms with Gasteiger partial charge in [-0.3, -0.25) is 4.79 Å². The first-order chi connectivity index (χ1) is 10.6. The fourth-order valence-electron chi connectivity index (χ4n) is 2.22. The first-order valence-electron chi connectivity index (χ1n) is 7.38. The molecule has 0 aliphatic carbocycles. The van der Waals surface area contributed by atoms with E-state index in [1.54, 1.807) is 0 Å². The molecule has 0 aliphatic rings. The van der Waals surface area contributed by atoms with E-state index in [2.05, 4.69) is 5.32 Å². The average Bonchev–Trinajstić information content (AvgIpc) is 2.50. The fraction of sp³-hybridized carbons (Fsp3) is 0.278.